The van der Waals surface area contributed by atoms with Gasteiger partial charge in [0.05, 0.1) is 24.2 Å². The fourth-order valence-electron chi connectivity index (χ4n) is 4.04. The van der Waals surface area contributed by atoms with E-state index in [4.69, 9.17) is 4.74 Å². The van der Waals surface area contributed by atoms with E-state index in [0.29, 0.717) is 12.8 Å². The molecule has 1 spiro atoms. The van der Waals surface area contributed by atoms with Gasteiger partial charge < -0.3 is 9.47 Å². The standard InChI is InChI=1S/C14H16O6/c1-7-3-14(5-9(15)19-10(16)6-14)4-8-11(17)20-12(18)13(7,8)2/h7-8H,3-6H2,1-2H3. The van der Waals surface area contributed by atoms with E-state index >= 15 is 0 Å². The molecule has 3 unspecified atom stereocenters. The van der Waals surface area contributed by atoms with Crippen LogP contribution in [0.4, 0.5) is 0 Å². The summed E-state index contributed by atoms with van der Waals surface area (Å²) in [6.45, 7) is 3.61. The number of ether oxygens (including phenoxy) is 2. The van der Waals surface area contributed by atoms with Crippen LogP contribution in [0.2, 0.25) is 0 Å². The Hall–Kier alpha value is -1.72. The van der Waals surface area contributed by atoms with Gasteiger partial charge >= 0.3 is 23.9 Å². The van der Waals surface area contributed by atoms with E-state index in [2.05, 4.69) is 4.74 Å². The third kappa shape index (κ3) is 1.63. The molecule has 108 valence electrons. The molecule has 0 aromatic rings. The van der Waals surface area contributed by atoms with E-state index in [1.165, 1.54) is 0 Å². The third-order valence-electron chi connectivity index (χ3n) is 5.31. The topological polar surface area (TPSA) is 86.7 Å². The minimum absolute atomic E-state index is 0.122. The van der Waals surface area contributed by atoms with Gasteiger partial charge in [0.2, 0.25) is 0 Å². The minimum Gasteiger partial charge on any atom is -0.393 e. The van der Waals surface area contributed by atoms with Crippen LogP contribution in [0.5, 0.6) is 0 Å². The van der Waals surface area contributed by atoms with E-state index in [9.17, 15) is 19.2 Å². The van der Waals surface area contributed by atoms with Crippen LogP contribution in [0, 0.1) is 22.7 Å². The summed E-state index contributed by atoms with van der Waals surface area (Å²) in [5.41, 5.74) is -1.41. The molecule has 3 aliphatic rings. The number of rotatable bonds is 0. The fourth-order valence-corrected chi connectivity index (χ4v) is 4.04. The zero-order valence-electron chi connectivity index (χ0n) is 11.4. The Balaban J connectivity index is 1.96. The lowest BCUT2D eigenvalue weighted by Crippen LogP contribution is -2.50. The van der Waals surface area contributed by atoms with E-state index < -0.39 is 40.6 Å². The summed E-state index contributed by atoms with van der Waals surface area (Å²) in [5, 5.41) is 0. The summed E-state index contributed by atoms with van der Waals surface area (Å²) >= 11 is 0. The molecule has 3 atom stereocenters. The quantitative estimate of drug-likeness (QED) is 0.485. The maximum atomic E-state index is 11.9. The first kappa shape index (κ1) is 13.3. The lowest BCUT2D eigenvalue weighted by Gasteiger charge is -2.48. The summed E-state index contributed by atoms with van der Waals surface area (Å²) < 4.78 is 9.36. The first-order valence-electron chi connectivity index (χ1n) is 6.76. The van der Waals surface area contributed by atoms with Gasteiger partial charge in [-0.25, -0.2) is 0 Å². The van der Waals surface area contributed by atoms with Crippen molar-refractivity contribution in [2.24, 2.45) is 22.7 Å². The number of fused-ring (bicyclic) bond motifs is 1. The second-order valence-electron chi connectivity index (χ2n) is 6.55. The van der Waals surface area contributed by atoms with Crippen LogP contribution in [0.1, 0.15) is 39.5 Å². The summed E-state index contributed by atoms with van der Waals surface area (Å²) in [6.07, 6.45) is 1.12. The van der Waals surface area contributed by atoms with Crippen molar-refractivity contribution in [3.63, 3.8) is 0 Å². The molecule has 0 N–H and O–H groups in total. The monoisotopic (exact) mass is 280 g/mol. The van der Waals surface area contributed by atoms with Gasteiger partial charge in [-0.1, -0.05) is 6.92 Å². The second-order valence-corrected chi connectivity index (χ2v) is 6.55. The summed E-state index contributed by atoms with van der Waals surface area (Å²) in [5.74, 6) is -2.81. The molecule has 0 aromatic heterocycles. The Bertz CT molecular complexity index is 520. The Kier molecular flexibility index (Phi) is 2.59. The van der Waals surface area contributed by atoms with Crippen LogP contribution in [-0.2, 0) is 28.7 Å². The molecule has 0 radical (unpaired) electrons. The Morgan fingerprint density at radius 3 is 2.20 bits per heavy atom. The van der Waals surface area contributed by atoms with Gasteiger partial charge in [-0.05, 0) is 31.1 Å². The molecule has 2 saturated heterocycles. The molecule has 1 aliphatic carbocycles. The van der Waals surface area contributed by atoms with Gasteiger partial charge in [-0.3, -0.25) is 19.2 Å². The minimum atomic E-state index is -0.841. The highest BCUT2D eigenvalue weighted by molar-refractivity contribution is 5.99. The molecular weight excluding hydrogens is 264 g/mol. The molecule has 6 heteroatoms. The van der Waals surface area contributed by atoms with Gasteiger partial charge in [-0.15, -0.1) is 0 Å². The molecule has 0 bridgehead atoms. The number of cyclic esters (lactones) is 4. The first-order valence-corrected chi connectivity index (χ1v) is 6.76. The second kappa shape index (κ2) is 3.90. The Labute approximate surface area is 115 Å². The highest BCUT2D eigenvalue weighted by Crippen LogP contribution is 2.59. The van der Waals surface area contributed by atoms with Gasteiger partial charge in [-0.2, -0.15) is 0 Å². The van der Waals surface area contributed by atoms with E-state index in [1.807, 2.05) is 6.92 Å². The molecular formula is C14H16O6. The third-order valence-corrected chi connectivity index (χ3v) is 5.31. The molecule has 0 aromatic carbocycles. The lowest BCUT2D eigenvalue weighted by molar-refractivity contribution is -0.174. The van der Waals surface area contributed by atoms with Crippen LogP contribution in [0.3, 0.4) is 0 Å². The molecule has 3 rings (SSSR count). The van der Waals surface area contributed by atoms with Gasteiger partial charge in [0, 0.05) is 0 Å². The molecule has 2 heterocycles. The van der Waals surface area contributed by atoms with Crippen LogP contribution in [-0.4, -0.2) is 23.9 Å². The average Bonchev–Trinajstić information content (AvgIpc) is 2.52. The average molecular weight is 280 g/mol. The van der Waals surface area contributed by atoms with Crippen molar-refractivity contribution in [1.82, 2.24) is 0 Å². The van der Waals surface area contributed by atoms with Crippen LogP contribution < -0.4 is 0 Å². The number of hydrogen-bond donors (Lipinski definition) is 0. The molecule has 0 amide bonds. The number of carbonyl (C=O) groups is 4. The zero-order valence-corrected chi connectivity index (χ0v) is 11.4. The SMILES string of the molecule is CC1CC2(CC(=O)OC(=O)C2)CC2C(=O)OC(=O)C12C. The molecule has 2 aliphatic heterocycles. The smallest absolute Gasteiger partial charge is 0.320 e. The van der Waals surface area contributed by atoms with Crippen molar-refractivity contribution < 1.29 is 28.7 Å². The van der Waals surface area contributed by atoms with Crippen molar-refractivity contribution in [3.05, 3.63) is 0 Å². The van der Waals surface area contributed by atoms with Crippen molar-refractivity contribution in [2.75, 3.05) is 0 Å². The maximum absolute atomic E-state index is 11.9. The largest absolute Gasteiger partial charge is 0.393 e. The van der Waals surface area contributed by atoms with Gasteiger partial charge in [0.15, 0.2) is 0 Å². The van der Waals surface area contributed by atoms with Crippen molar-refractivity contribution in [3.8, 4) is 0 Å². The highest BCUT2D eigenvalue weighted by Gasteiger charge is 2.64. The van der Waals surface area contributed by atoms with Gasteiger partial charge in [0.25, 0.3) is 0 Å². The van der Waals surface area contributed by atoms with E-state index in [0.717, 1.165) is 0 Å². The van der Waals surface area contributed by atoms with Crippen LogP contribution in [0.25, 0.3) is 0 Å². The number of esters is 4. The lowest BCUT2D eigenvalue weighted by atomic mass is 9.53. The molecule has 3 fully saturated rings. The zero-order chi connectivity index (χ0) is 14.7. The highest BCUT2D eigenvalue weighted by atomic mass is 16.6. The molecule has 1 saturated carbocycles. The molecule has 6 nitrogen and oxygen atoms in total. The van der Waals surface area contributed by atoms with Crippen molar-refractivity contribution in [1.29, 1.82) is 0 Å². The summed E-state index contributed by atoms with van der Waals surface area (Å²) in [7, 11) is 0. The Morgan fingerprint density at radius 2 is 1.60 bits per heavy atom. The number of carbonyl (C=O) groups excluding carboxylic acids is 4. The van der Waals surface area contributed by atoms with Crippen molar-refractivity contribution in [2.45, 2.75) is 39.5 Å². The summed E-state index contributed by atoms with van der Waals surface area (Å²) in [4.78, 5) is 47.0. The predicted molar refractivity (Wildman–Crippen MR) is 63.9 cm³/mol. The predicted octanol–water partition coefficient (Wildman–Crippen LogP) is 0.972. The summed E-state index contributed by atoms with van der Waals surface area (Å²) in [6, 6.07) is 0. The van der Waals surface area contributed by atoms with Gasteiger partial charge in [0.1, 0.15) is 0 Å². The normalized spacial score (nSPS) is 39.5. The van der Waals surface area contributed by atoms with E-state index in [1.54, 1.807) is 6.92 Å². The number of hydrogen-bond acceptors (Lipinski definition) is 6. The fraction of sp³-hybridized carbons (Fsp3) is 0.714. The van der Waals surface area contributed by atoms with Crippen LogP contribution in [0.15, 0.2) is 0 Å². The maximum Gasteiger partial charge on any atom is 0.320 e. The van der Waals surface area contributed by atoms with E-state index in [-0.39, 0.29) is 18.8 Å². The van der Waals surface area contributed by atoms with Crippen LogP contribution >= 0.6 is 0 Å². The first-order chi connectivity index (χ1) is 9.27. The molecule has 20 heavy (non-hydrogen) atoms. The Morgan fingerprint density at radius 1 is 1.00 bits per heavy atom. The van der Waals surface area contributed by atoms with Crippen molar-refractivity contribution >= 4 is 23.9 Å².